The SMILES string of the molecule is CC(=O)Nc1c2n(c3ccc(F)cc13)C[C@@](C)(C(=O)NCCC(C)C)N(Cc1ccccc1F)C2=O. The Morgan fingerprint density at radius 3 is 2.53 bits per heavy atom. The van der Waals surface area contributed by atoms with Gasteiger partial charge in [-0.15, -0.1) is 0 Å². The Balaban J connectivity index is 1.87. The number of halogens is 2. The molecule has 0 radical (unpaired) electrons. The van der Waals surface area contributed by atoms with Gasteiger partial charge in [0.05, 0.1) is 24.3 Å². The molecule has 3 aromatic rings. The molecule has 4 rings (SSSR count). The maximum absolute atomic E-state index is 14.6. The lowest BCUT2D eigenvalue weighted by Gasteiger charge is -2.44. The maximum atomic E-state index is 14.6. The van der Waals surface area contributed by atoms with Gasteiger partial charge in [0.15, 0.2) is 0 Å². The van der Waals surface area contributed by atoms with Crippen molar-refractivity contribution >= 4 is 34.3 Å². The monoisotopic (exact) mass is 496 g/mol. The van der Waals surface area contributed by atoms with Crippen LogP contribution in [0, 0.1) is 17.6 Å². The smallest absolute Gasteiger partial charge is 0.273 e. The molecule has 0 unspecified atom stereocenters. The molecular formula is C27H30F2N4O3. The fraction of sp³-hybridized carbons (Fsp3) is 0.370. The predicted octanol–water partition coefficient (Wildman–Crippen LogP) is 4.45. The summed E-state index contributed by atoms with van der Waals surface area (Å²) in [6.07, 6.45) is 0.757. The Morgan fingerprint density at radius 1 is 1.14 bits per heavy atom. The summed E-state index contributed by atoms with van der Waals surface area (Å²) in [5.41, 5.74) is -0.326. The number of carbonyl (C=O) groups is 3. The molecule has 0 bridgehead atoms. The van der Waals surface area contributed by atoms with Crippen LogP contribution >= 0.6 is 0 Å². The summed E-state index contributed by atoms with van der Waals surface area (Å²) in [6, 6.07) is 10.1. The summed E-state index contributed by atoms with van der Waals surface area (Å²) in [7, 11) is 0. The van der Waals surface area contributed by atoms with Crippen molar-refractivity contribution in [3.8, 4) is 0 Å². The Bertz CT molecular complexity index is 1350. The Labute approximate surface area is 208 Å². The van der Waals surface area contributed by atoms with Crippen LogP contribution in [0.15, 0.2) is 42.5 Å². The standard InChI is InChI=1S/C27H30F2N4O3/c1-16(2)11-12-30-26(36)27(4)15-32-22-10-9-19(28)13-20(22)23(31-17(3)34)24(32)25(35)33(27)14-18-7-5-6-8-21(18)29/h5-10,13,16H,11-12,14-15H2,1-4H3,(H,30,36)(H,31,34)/t27-/m0/s1. The molecular weight excluding hydrogens is 466 g/mol. The van der Waals surface area contributed by atoms with E-state index in [2.05, 4.69) is 10.6 Å². The second kappa shape index (κ2) is 9.72. The van der Waals surface area contributed by atoms with E-state index in [0.717, 1.165) is 6.42 Å². The highest BCUT2D eigenvalue weighted by Gasteiger charge is 2.49. The lowest BCUT2D eigenvalue weighted by Crippen LogP contribution is -2.63. The van der Waals surface area contributed by atoms with Gasteiger partial charge in [0.25, 0.3) is 5.91 Å². The second-order valence-electron chi connectivity index (χ2n) is 9.85. The van der Waals surface area contributed by atoms with Crippen LogP contribution in [0.3, 0.4) is 0 Å². The lowest BCUT2D eigenvalue weighted by atomic mass is 9.93. The Morgan fingerprint density at radius 2 is 1.86 bits per heavy atom. The van der Waals surface area contributed by atoms with Crippen LogP contribution in [0.1, 0.15) is 50.2 Å². The molecule has 190 valence electrons. The van der Waals surface area contributed by atoms with Crippen molar-refractivity contribution in [3.05, 3.63) is 65.4 Å². The molecule has 1 aliphatic rings. The highest BCUT2D eigenvalue weighted by Crippen LogP contribution is 2.39. The first-order valence-electron chi connectivity index (χ1n) is 12.0. The molecule has 0 aliphatic carbocycles. The Hall–Kier alpha value is -3.75. The van der Waals surface area contributed by atoms with Crippen molar-refractivity contribution in [2.45, 2.75) is 52.7 Å². The number of amides is 3. The molecule has 1 aliphatic heterocycles. The molecule has 9 heteroatoms. The van der Waals surface area contributed by atoms with E-state index in [4.69, 9.17) is 0 Å². The third-order valence-corrected chi connectivity index (χ3v) is 6.62. The molecule has 7 nitrogen and oxygen atoms in total. The summed E-state index contributed by atoms with van der Waals surface area (Å²) in [5, 5.41) is 5.95. The first-order valence-corrected chi connectivity index (χ1v) is 12.0. The van der Waals surface area contributed by atoms with E-state index in [9.17, 15) is 23.2 Å². The number of nitrogens with zero attached hydrogens (tertiary/aromatic N) is 2. The zero-order valence-electron chi connectivity index (χ0n) is 20.8. The zero-order chi connectivity index (χ0) is 26.2. The van der Waals surface area contributed by atoms with E-state index in [1.54, 1.807) is 29.7 Å². The number of carbonyl (C=O) groups excluding carboxylic acids is 3. The van der Waals surface area contributed by atoms with E-state index in [-0.39, 0.29) is 35.9 Å². The van der Waals surface area contributed by atoms with Crippen molar-refractivity contribution in [2.75, 3.05) is 11.9 Å². The largest absolute Gasteiger partial charge is 0.354 e. The molecule has 36 heavy (non-hydrogen) atoms. The molecule has 3 amide bonds. The molecule has 2 aromatic carbocycles. The lowest BCUT2D eigenvalue weighted by molar-refractivity contribution is -0.133. The molecule has 1 aromatic heterocycles. The van der Waals surface area contributed by atoms with Crippen LogP contribution in [-0.4, -0.2) is 39.3 Å². The van der Waals surface area contributed by atoms with Crippen molar-refractivity contribution in [1.29, 1.82) is 0 Å². The number of anilines is 1. The molecule has 1 atom stereocenters. The summed E-state index contributed by atoms with van der Waals surface area (Å²) < 4.78 is 30.5. The number of hydrogen-bond acceptors (Lipinski definition) is 3. The quantitative estimate of drug-likeness (QED) is 0.507. The number of nitrogens with one attached hydrogen (secondary N) is 2. The summed E-state index contributed by atoms with van der Waals surface area (Å²) >= 11 is 0. The third kappa shape index (κ3) is 4.57. The van der Waals surface area contributed by atoms with Crippen molar-refractivity contribution in [1.82, 2.24) is 14.8 Å². The van der Waals surface area contributed by atoms with Gasteiger partial charge in [-0.3, -0.25) is 14.4 Å². The van der Waals surface area contributed by atoms with Gasteiger partial charge >= 0.3 is 0 Å². The molecule has 2 N–H and O–H groups in total. The average Bonchev–Trinajstić information content (AvgIpc) is 3.09. The van der Waals surface area contributed by atoms with Crippen LogP contribution in [0.25, 0.3) is 10.9 Å². The predicted molar refractivity (Wildman–Crippen MR) is 133 cm³/mol. The van der Waals surface area contributed by atoms with E-state index >= 15 is 0 Å². The topological polar surface area (TPSA) is 83.4 Å². The van der Waals surface area contributed by atoms with Crippen LogP contribution in [0.4, 0.5) is 14.5 Å². The second-order valence-corrected chi connectivity index (χ2v) is 9.85. The summed E-state index contributed by atoms with van der Waals surface area (Å²) in [5.74, 6) is -2.02. The molecule has 0 saturated heterocycles. The number of aromatic nitrogens is 1. The number of fused-ring (bicyclic) bond motifs is 3. The normalized spacial score (nSPS) is 17.4. The van der Waals surface area contributed by atoms with Crippen LogP contribution in [0.5, 0.6) is 0 Å². The average molecular weight is 497 g/mol. The van der Waals surface area contributed by atoms with Gasteiger partial charge in [-0.05, 0) is 43.5 Å². The van der Waals surface area contributed by atoms with Crippen molar-refractivity contribution in [3.63, 3.8) is 0 Å². The first kappa shape index (κ1) is 25.3. The van der Waals surface area contributed by atoms with Gasteiger partial charge in [0.1, 0.15) is 22.9 Å². The van der Waals surface area contributed by atoms with Crippen LogP contribution in [-0.2, 0) is 22.7 Å². The fourth-order valence-electron chi connectivity index (χ4n) is 4.66. The van der Waals surface area contributed by atoms with Crippen LogP contribution < -0.4 is 10.6 Å². The first-order chi connectivity index (χ1) is 17.0. The third-order valence-electron chi connectivity index (χ3n) is 6.62. The van der Waals surface area contributed by atoms with Gasteiger partial charge in [0, 0.05) is 24.4 Å². The molecule has 2 heterocycles. The minimum Gasteiger partial charge on any atom is -0.354 e. The van der Waals surface area contributed by atoms with E-state index in [1.807, 2.05) is 13.8 Å². The van der Waals surface area contributed by atoms with Crippen molar-refractivity contribution < 1.29 is 23.2 Å². The van der Waals surface area contributed by atoms with Gasteiger partial charge in [-0.25, -0.2) is 8.78 Å². The van der Waals surface area contributed by atoms with Gasteiger partial charge in [-0.1, -0.05) is 32.0 Å². The van der Waals surface area contributed by atoms with Crippen LogP contribution in [0.2, 0.25) is 0 Å². The van der Waals surface area contributed by atoms with E-state index < -0.39 is 29.0 Å². The molecule has 0 spiro atoms. The maximum Gasteiger partial charge on any atom is 0.273 e. The highest BCUT2D eigenvalue weighted by atomic mass is 19.1. The van der Waals surface area contributed by atoms with Crippen molar-refractivity contribution in [2.24, 2.45) is 5.92 Å². The zero-order valence-corrected chi connectivity index (χ0v) is 20.8. The fourth-order valence-corrected chi connectivity index (χ4v) is 4.66. The number of rotatable bonds is 7. The summed E-state index contributed by atoms with van der Waals surface area (Å²) in [6.45, 7) is 7.34. The molecule has 0 fully saturated rings. The Kier molecular flexibility index (Phi) is 6.84. The van der Waals surface area contributed by atoms with E-state index in [0.29, 0.717) is 23.4 Å². The molecule has 0 saturated carbocycles. The van der Waals surface area contributed by atoms with Gasteiger partial charge in [-0.2, -0.15) is 0 Å². The number of hydrogen-bond donors (Lipinski definition) is 2. The number of benzene rings is 2. The minimum absolute atomic E-state index is 0.0394. The highest BCUT2D eigenvalue weighted by molar-refractivity contribution is 6.14. The van der Waals surface area contributed by atoms with Gasteiger partial charge < -0.3 is 20.1 Å². The van der Waals surface area contributed by atoms with E-state index in [1.165, 1.54) is 36.1 Å². The minimum atomic E-state index is -1.38. The van der Waals surface area contributed by atoms with Gasteiger partial charge in [0.2, 0.25) is 11.8 Å². The summed E-state index contributed by atoms with van der Waals surface area (Å²) in [4.78, 5) is 41.0.